The van der Waals surface area contributed by atoms with Crippen molar-refractivity contribution in [1.29, 1.82) is 0 Å². The molecule has 0 radical (unpaired) electrons. The van der Waals surface area contributed by atoms with Crippen LogP contribution in [0.15, 0.2) is 48.5 Å². The van der Waals surface area contributed by atoms with E-state index < -0.39 is 0 Å². The lowest BCUT2D eigenvalue weighted by Gasteiger charge is -2.15. The number of hydrogen-bond donors (Lipinski definition) is 0. The zero-order valence-electron chi connectivity index (χ0n) is 12.8. The zero-order valence-corrected chi connectivity index (χ0v) is 14.4. The lowest BCUT2D eigenvalue weighted by Crippen LogP contribution is -2.10. The van der Waals surface area contributed by atoms with Gasteiger partial charge in [0.05, 0.1) is 7.11 Å². The van der Waals surface area contributed by atoms with E-state index in [9.17, 15) is 0 Å². The molecule has 2 aromatic rings. The number of aryl methyl sites for hydroxylation is 1. The Kier molecular flexibility index (Phi) is 6.31. The zero-order chi connectivity index (χ0) is 15.1. The van der Waals surface area contributed by atoms with E-state index in [4.69, 9.17) is 4.74 Å². The molecule has 0 spiro atoms. The number of ether oxygens (including phenoxy) is 1. The summed E-state index contributed by atoms with van der Waals surface area (Å²) in [6.07, 6.45) is 3.27. The van der Waals surface area contributed by atoms with Gasteiger partial charge >= 0.3 is 0 Å². The second-order valence-electron chi connectivity index (χ2n) is 5.45. The lowest BCUT2D eigenvalue weighted by atomic mass is 9.93. The average molecular weight is 347 g/mol. The van der Waals surface area contributed by atoms with Crippen LogP contribution in [0.2, 0.25) is 0 Å². The van der Waals surface area contributed by atoms with E-state index in [1.807, 2.05) is 6.07 Å². The molecule has 0 aliphatic heterocycles. The maximum absolute atomic E-state index is 5.30. The molecule has 112 valence electrons. The number of rotatable bonds is 7. The van der Waals surface area contributed by atoms with Gasteiger partial charge < -0.3 is 4.74 Å². The van der Waals surface area contributed by atoms with Gasteiger partial charge in [0.15, 0.2) is 0 Å². The van der Waals surface area contributed by atoms with Crippen molar-refractivity contribution in [2.75, 3.05) is 12.4 Å². The minimum absolute atomic E-state index is 0.601. The van der Waals surface area contributed by atoms with E-state index in [-0.39, 0.29) is 0 Å². The van der Waals surface area contributed by atoms with Gasteiger partial charge in [-0.2, -0.15) is 0 Å². The molecule has 1 nitrogen and oxygen atoms in total. The van der Waals surface area contributed by atoms with E-state index in [0.29, 0.717) is 5.92 Å². The number of benzene rings is 2. The Labute approximate surface area is 136 Å². The Morgan fingerprint density at radius 1 is 0.952 bits per heavy atom. The predicted octanol–water partition coefficient (Wildman–Crippen LogP) is 5.05. The molecule has 0 amide bonds. The minimum Gasteiger partial charge on any atom is -0.497 e. The van der Waals surface area contributed by atoms with Gasteiger partial charge in [-0.25, -0.2) is 0 Å². The first kappa shape index (κ1) is 16.1. The molecule has 0 bridgehead atoms. The molecule has 0 saturated carbocycles. The largest absolute Gasteiger partial charge is 0.497 e. The minimum atomic E-state index is 0.601. The summed E-state index contributed by atoms with van der Waals surface area (Å²) in [5, 5.41) is 1.01. The second-order valence-corrected chi connectivity index (χ2v) is 6.10. The molecule has 2 rings (SSSR count). The van der Waals surface area contributed by atoms with Crippen LogP contribution >= 0.6 is 15.9 Å². The molecule has 0 aromatic heterocycles. The van der Waals surface area contributed by atoms with Crippen molar-refractivity contribution in [3.05, 3.63) is 65.2 Å². The maximum atomic E-state index is 5.30. The molecule has 0 aliphatic carbocycles. The van der Waals surface area contributed by atoms with Crippen LogP contribution in [0, 0.1) is 5.92 Å². The molecule has 1 unspecified atom stereocenters. The van der Waals surface area contributed by atoms with Crippen LogP contribution in [0.1, 0.15) is 23.6 Å². The van der Waals surface area contributed by atoms with Crippen molar-refractivity contribution in [3.8, 4) is 5.75 Å². The predicted molar refractivity (Wildman–Crippen MR) is 93.5 cm³/mol. The van der Waals surface area contributed by atoms with Gasteiger partial charge in [0.1, 0.15) is 5.75 Å². The van der Waals surface area contributed by atoms with Crippen molar-refractivity contribution >= 4 is 15.9 Å². The van der Waals surface area contributed by atoms with Gasteiger partial charge in [-0.3, -0.25) is 0 Å². The third kappa shape index (κ3) is 4.89. The number of halogens is 1. The van der Waals surface area contributed by atoms with Crippen molar-refractivity contribution < 1.29 is 4.74 Å². The van der Waals surface area contributed by atoms with Gasteiger partial charge in [0, 0.05) is 5.33 Å². The molecule has 21 heavy (non-hydrogen) atoms. The topological polar surface area (TPSA) is 9.23 Å². The molecule has 0 saturated heterocycles. The normalized spacial score (nSPS) is 12.1. The average Bonchev–Trinajstić information content (AvgIpc) is 2.55. The lowest BCUT2D eigenvalue weighted by molar-refractivity contribution is 0.414. The summed E-state index contributed by atoms with van der Waals surface area (Å²) < 4.78 is 5.30. The fraction of sp³-hybridized carbons (Fsp3) is 0.368. The molecular formula is C19H23BrO. The Bertz CT molecular complexity index is 548. The molecule has 2 aromatic carbocycles. The molecular weight excluding hydrogens is 324 g/mol. The van der Waals surface area contributed by atoms with Crippen LogP contribution in [-0.2, 0) is 19.3 Å². The van der Waals surface area contributed by atoms with Crippen LogP contribution in [0.4, 0.5) is 0 Å². The Morgan fingerprint density at radius 2 is 1.62 bits per heavy atom. The van der Waals surface area contributed by atoms with Gasteiger partial charge in [0.25, 0.3) is 0 Å². The summed E-state index contributed by atoms with van der Waals surface area (Å²) in [5.74, 6) is 1.54. The van der Waals surface area contributed by atoms with Crippen LogP contribution in [0.3, 0.4) is 0 Å². The Hall–Kier alpha value is -1.28. The van der Waals surface area contributed by atoms with Gasteiger partial charge in [-0.15, -0.1) is 0 Å². The second kappa shape index (κ2) is 8.23. The van der Waals surface area contributed by atoms with Crippen LogP contribution in [0.5, 0.6) is 5.75 Å². The van der Waals surface area contributed by atoms with Gasteiger partial charge in [-0.1, -0.05) is 59.3 Å². The Morgan fingerprint density at radius 3 is 2.24 bits per heavy atom. The SMILES string of the molecule is CCc1ccc(CC(CBr)Cc2cccc(OC)c2)cc1. The molecule has 0 heterocycles. The summed E-state index contributed by atoms with van der Waals surface area (Å²) in [6, 6.07) is 17.4. The highest BCUT2D eigenvalue weighted by Crippen LogP contribution is 2.20. The van der Waals surface area contributed by atoms with E-state index in [1.54, 1.807) is 7.11 Å². The molecule has 0 N–H and O–H groups in total. The summed E-state index contributed by atoms with van der Waals surface area (Å²) >= 11 is 3.66. The first-order valence-corrected chi connectivity index (χ1v) is 8.64. The van der Waals surface area contributed by atoms with Crippen molar-refractivity contribution in [2.45, 2.75) is 26.2 Å². The van der Waals surface area contributed by atoms with Crippen molar-refractivity contribution in [3.63, 3.8) is 0 Å². The first-order valence-electron chi connectivity index (χ1n) is 7.51. The van der Waals surface area contributed by atoms with E-state index in [2.05, 4.69) is 65.3 Å². The molecule has 0 fully saturated rings. The van der Waals surface area contributed by atoms with Crippen LogP contribution in [-0.4, -0.2) is 12.4 Å². The summed E-state index contributed by atoms with van der Waals surface area (Å²) in [4.78, 5) is 0. The van der Waals surface area contributed by atoms with Gasteiger partial charge in [-0.05, 0) is 54.0 Å². The molecule has 0 aliphatic rings. The number of hydrogen-bond acceptors (Lipinski definition) is 1. The number of alkyl halides is 1. The highest BCUT2D eigenvalue weighted by Gasteiger charge is 2.10. The monoisotopic (exact) mass is 346 g/mol. The van der Waals surface area contributed by atoms with Gasteiger partial charge in [0.2, 0.25) is 0 Å². The molecule has 1 atom stereocenters. The van der Waals surface area contributed by atoms with E-state index in [0.717, 1.165) is 30.3 Å². The smallest absolute Gasteiger partial charge is 0.119 e. The highest BCUT2D eigenvalue weighted by atomic mass is 79.9. The maximum Gasteiger partial charge on any atom is 0.119 e. The van der Waals surface area contributed by atoms with Crippen molar-refractivity contribution in [2.24, 2.45) is 5.92 Å². The quantitative estimate of drug-likeness (QED) is 0.637. The van der Waals surface area contributed by atoms with Crippen LogP contribution in [0.25, 0.3) is 0 Å². The molecule has 2 heteroatoms. The van der Waals surface area contributed by atoms with Crippen molar-refractivity contribution in [1.82, 2.24) is 0 Å². The Balaban J connectivity index is 2.01. The van der Waals surface area contributed by atoms with E-state index >= 15 is 0 Å². The van der Waals surface area contributed by atoms with Crippen LogP contribution < -0.4 is 4.74 Å². The summed E-state index contributed by atoms with van der Waals surface area (Å²) in [5.41, 5.74) is 4.16. The fourth-order valence-corrected chi connectivity index (χ4v) is 3.02. The number of methoxy groups -OCH3 is 1. The highest BCUT2D eigenvalue weighted by molar-refractivity contribution is 9.09. The first-order chi connectivity index (χ1) is 10.2. The summed E-state index contributed by atoms with van der Waals surface area (Å²) in [7, 11) is 1.72. The standard InChI is InChI=1S/C19H23BrO/c1-3-15-7-9-16(10-8-15)11-18(14-20)12-17-5-4-6-19(13-17)21-2/h4-10,13,18H,3,11-12,14H2,1-2H3. The third-order valence-electron chi connectivity index (χ3n) is 3.83. The fourth-order valence-electron chi connectivity index (χ4n) is 2.56. The van der Waals surface area contributed by atoms with E-state index in [1.165, 1.54) is 16.7 Å². The third-order valence-corrected chi connectivity index (χ3v) is 4.75. The summed E-state index contributed by atoms with van der Waals surface area (Å²) in [6.45, 7) is 2.19.